The van der Waals surface area contributed by atoms with Crippen LogP contribution in [0.1, 0.15) is 51.0 Å². The Morgan fingerprint density at radius 2 is 2.03 bits per heavy atom. The van der Waals surface area contributed by atoms with Gasteiger partial charge in [0, 0.05) is 30.9 Å². The van der Waals surface area contributed by atoms with E-state index < -0.39 is 10.0 Å². The summed E-state index contributed by atoms with van der Waals surface area (Å²) in [6.07, 6.45) is 8.75. The van der Waals surface area contributed by atoms with E-state index in [-0.39, 0.29) is 0 Å². The quantitative estimate of drug-likeness (QED) is 0.505. The monoisotopic (exact) mass is 438 g/mol. The van der Waals surface area contributed by atoms with Gasteiger partial charge in [0.05, 0.1) is 11.4 Å². The first-order valence-corrected chi connectivity index (χ1v) is 13.4. The Labute approximate surface area is 180 Å². The Morgan fingerprint density at radius 1 is 1.24 bits per heavy atom. The number of rotatable bonds is 7. The summed E-state index contributed by atoms with van der Waals surface area (Å²) in [5, 5.41) is 7.59. The first-order chi connectivity index (χ1) is 14.0. The van der Waals surface area contributed by atoms with Gasteiger partial charge in [-0.25, -0.2) is 13.4 Å². The van der Waals surface area contributed by atoms with Crippen molar-refractivity contribution in [3.63, 3.8) is 0 Å². The van der Waals surface area contributed by atoms with Crippen LogP contribution in [0.25, 0.3) is 0 Å². The number of sulfonamides is 1. The lowest BCUT2D eigenvalue weighted by Gasteiger charge is -2.26. The van der Waals surface area contributed by atoms with Gasteiger partial charge < -0.3 is 10.6 Å². The molecule has 1 heterocycles. The largest absolute Gasteiger partial charge is 0.357 e. The molecule has 29 heavy (non-hydrogen) atoms. The average Bonchev–Trinajstić information content (AvgIpc) is 3.20. The summed E-state index contributed by atoms with van der Waals surface area (Å²) >= 11 is 1.94. The van der Waals surface area contributed by atoms with Gasteiger partial charge in [-0.15, -0.1) is 0 Å². The molecule has 1 aromatic rings. The van der Waals surface area contributed by atoms with Crippen molar-refractivity contribution < 1.29 is 8.42 Å². The second kappa shape index (κ2) is 10.7. The maximum atomic E-state index is 12.9. The van der Waals surface area contributed by atoms with Crippen LogP contribution >= 0.6 is 11.8 Å². The number of guanidine groups is 1. The van der Waals surface area contributed by atoms with E-state index in [0.29, 0.717) is 30.6 Å². The third-order valence-electron chi connectivity index (χ3n) is 5.67. The highest BCUT2D eigenvalue weighted by Crippen LogP contribution is 2.28. The van der Waals surface area contributed by atoms with Crippen molar-refractivity contribution in [2.75, 3.05) is 25.9 Å². The van der Waals surface area contributed by atoms with E-state index in [1.54, 1.807) is 16.4 Å². The van der Waals surface area contributed by atoms with Crippen molar-refractivity contribution in [3.05, 3.63) is 29.8 Å². The molecular weight excluding hydrogens is 404 g/mol. The number of hydrogen-bond acceptors (Lipinski definition) is 4. The molecule has 0 bridgehead atoms. The summed E-state index contributed by atoms with van der Waals surface area (Å²) in [6.45, 7) is 4.56. The van der Waals surface area contributed by atoms with Crippen molar-refractivity contribution in [1.82, 2.24) is 14.9 Å². The molecule has 1 aliphatic carbocycles. The molecule has 8 heteroatoms. The summed E-state index contributed by atoms with van der Waals surface area (Å²) in [5.74, 6) is 0.809. The van der Waals surface area contributed by atoms with Crippen LogP contribution in [-0.4, -0.2) is 55.9 Å². The maximum absolute atomic E-state index is 12.9. The van der Waals surface area contributed by atoms with Crippen LogP contribution in [0.15, 0.2) is 34.2 Å². The molecule has 0 amide bonds. The molecule has 0 aromatic heterocycles. The molecule has 1 aliphatic heterocycles. The van der Waals surface area contributed by atoms with E-state index >= 15 is 0 Å². The lowest BCUT2D eigenvalue weighted by Crippen LogP contribution is -2.42. The number of nitrogens with zero attached hydrogens (tertiary/aromatic N) is 2. The molecule has 3 rings (SSSR count). The van der Waals surface area contributed by atoms with Crippen molar-refractivity contribution >= 4 is 27.7 Å². The number of thioether (sulfide) groups is 1. The van der Waals surface area contributed by atoms with Crippen LogP contribution in [0.5, 0.6) is 0 Å². The summed E-state index contributed by atoms with van der Waals surface area (Å²) in [4.78, 5) is 5.09. The molecule has 2 N–H and O–H groups in total. The van der Waals surface area contributed by atoms with Gasteiger partial charge in [0.1, 0.15) is 0 Å². The smallest absolute Gasteiger partial charge is 0.243 e. The lowest BCUT2D eigenvalue weighted by molar-refractivity contribution is 0.346. The fourth-order valence-corrected chi connectivity index (χ4v) is 6.41. The van der Waals surface area contributed by atoms with E-state index in [1.165, 1.54) is 12.8 Å². The minimum Gasteiger partial charge on any atom is -0.357 e. The summed E-state index contributed by atoms with van der Waals surface area (Å²) in [6, 6.07) is 7.69. The topological polar surface area (TPSA) is 73.8 Å². The second-order valence-corrected chi connectivity index (χ2v) is 10.9. The molecule has 162 valence electrons. The predicted octanol–water partition coefficient (Wildman–Crippen LogP) is 3.20. The number of nitrogens with one attached hydrogen (secondary N) is 2. The molecule has 2 unspecified atom stereocenters. The van der Waals surface area contributed by atoms with Gasteiger partial charge in [-0.05, 0) is 63.0 Å². The summed E-state index contributed by atoms with van der Waals surface area (Å²) in [5.41, 5.74) is 0.911. The highest BCUT2D eigenvalue weighted by molar-refractivity contribution is 7.99. The van der Waals surface area contributed by atoms with E-state index in [4.69, 9.17) is 4.99 Å². The zero-order valence-corrected chi connectivity index (χ0v) is 19.2. The normalized spacial score (nSPS) is 23.9. The fourth-order valence-electron chi connectivity index (χ4n) is 4.03. The SMILES string of the molecule is CCNC(=NCc1cccc(S(=O)(=O)N2CCCCC2)c1)NC1CCC(SC)C1. The van der Waals surface area contributed by atoms with Crippen LogP contribution in [0.2, 0.25) is 0 Å². The van der Waals surface area contributed by atoms with Crippen molar-refractivity contribution in [2.45, 2.75) is 68.2 Å². The summed E-state index contributed by atoms with van der Waals surface area (Å²) in [7, 11) is -3.41. The Hall–Kier alpha value is -1.25. The molecule has 2 aliphatic rings. The highest BCUT2D eigenvalue weighted by Gasteiger charge is 2.26. The molecule has 0 radical (unpaired) electrons. The number of aliphatic imine (C=N–C) groups is 1. The fraction of sp³-hybridized carbons (Fsp3) is 0.667. The molecule has 1 aromatic carbocycles. The molecule has 2 atom stereocenters. The standard InChI is InChI=1S/C21H34N4O2S2/c1-3-22-21(24-18-10-11-19(15-18)28-2)23-16-17-8-7-9-20(14-17)29(26,27)25-12-5-4-6-13-25/h7-9,14,18-19H,3-6,10-13,15-16H2,1-2H3,(H2,22,23,24). The predicted molar refractivity (Wildman–Crippen MR) is 122 cm³/mol. The van der Waals surface area contributed by atoms with Gasteiger partial charge in [0.25, 0.3) is 0 Å². The van der Waals surface area contributed by atoms with Crippen molar-refractivity contribution in [1.29, 1.82) is 0 Å². The number of piperidine rings is 1. The third-order valence-corrected chi connectivity index (χ3v) is 8.66. The van der Waals surface area contributed by atoms with Gasteiger partial charge in [0.2, 0.25) is 10.0 Å². The van der Waals surface area contributed by atoms with Crippen molar-refractivity contribution in [2.24, 2.45) is 4.99 Å². The zero-order valence-electron chi connectivity index (χ0n) is 17.6. The van der Waals surface area contributed by atoms with Gasteiger partial charge in [0.15, 0.2) is 5.96 Å². The lowest BCUT2D eigenvalue weighted by atomic mass is 10.2. The highest BCUT2D eigenvalue weighted by atomic mass is 32.2. The van der Waals surface area contributed by atoms with Gasteiger partial charge in [-0.1, -0.05) is 18.6 Å². The van der Waals surface area contributed by atoms with Crippen LogP contribution in [0, 0.1) is 0 Å². The average molecular weight is 439 g/mol. The Bertz CT molecular complexity index is 792. The zero-order chi connectivity index (χ0) is 20.7. The Kier molecular flexibility index (Phi) is 8.26. The van der Waals surface area contributed by atoms with Crippen molar-refractivity contribution in [3.8, 4) is 0 Å². The first-order valence-electron chi connectivity index (χ1n) is 10.7. The minimum atomic E-state index is -3.41. The maximum Gasteiger partial charge on any atom is 0.243 e. The van der Waals surface area contributed by atoms with E-state index in [2.05, 4.69) is 23.8 Å². The van der Waals surface area contributed by atoms with E-state index in [1.807, 2.05) is 23.9 Å². The summed E-state index contributed by atoms with van der Waals surface area (Å²) < 4.78 is 27.5. The first kappa shape index (κ1) is 22.4. The van der Waals surface area contributed by atoms with Crippen LogP contribution in [-0.2, 0) is 16.6 Å². The molecule has 1 saturated carbocycles. The van der Waals surface area contributed by atoms with E-state index in [9.17, 15) is 8.42 Å². The molecule has 6 nitrogen and oxygen atoms in total. The number of hydrogen-bond donors (Lipinski definition) is 2. The van der Waals surface area contributed by atoms with Gasteiger partial charge in [-0.2, -0.15) is 16.1 Å². The van der Waals surface area contributed by atoms with Gasteiger partial charge >= 0.3 is 0 Å². The van der Waals surface area contributed by atoms with Gasteiger partial charge in [-0.3, -0.25) is 0 Å². The van der Waals surface area contributed by atoms with E-state index in [0.717, 1.165) is 49.0 Å². The Balaban J connectivity index is 1.67. The molecular formula is C21H34N4O2S2. The minimum absolute atomic E-state index is 0.378. The molecule has 1 saturated heterocycles. The van der Waals surface area contributed by atoms with Crippen LogP contribution in [0.3, 0.4) is 0 Å². The van der Waals surface area contributed by atoms with Crippen LogP contribution in [0.4, 0.5) is 0 Å². The molecule has 2 fully saturated rings. The second-order valence-electron chi connectivity index (χ2n) is 7.82. The number of benzene rings is 1. The molecule has 0 spiro atoms. The Morgan fingerprint density at radius 3 is 2.72 bits per heavy atom. The third kappa shape index (κ3) is 6.12. The van der Waals surface area contributed by atoms with Crippen LogP contribution < -0.4 is 10.6 Å².